The Kier molecular flexibility index (Phi) is 6.70. The van der Waals surface area contributed by atoms with E-state index in [9.17, 15) is 4.79 Å². The Bertz CT molecular complexity index is 420. The second-order valence-corrected chi connectivity index (χ2v) is 4.38. The first-order chi connectivity index (χ1) is 9.65. The standard InChI is InChI=1S/C15H23NO4/c1-5-6-14(17)16-8-7-11-9-12(18-2)15(20-4)13(10-11)19-3/h9-10H,5-8H2,1-4H3,(H,16,17). The van der Waals surface area contributed by atoms with E-state index in [4.69, 9.17) is 14.2 Å². The molecule has 0 aromatic heterocycles. The first-order valence-electron chi connectivity index (χ1n) is 6.71. The summed E-state index contributed by atoms with van der Waals surface area (Å²) in [5.41, 5.74) is 1.02. The van der Waals surface area contributed by atoms with Crippen molar-refractivity contribution in [1.29, 1.82) is 0 Å². The van der Waals surface area contributed by atoms with Gasteiger partial charge in [-0.15, -0.1) is 0 Å². The van der Waals surface area contributed by atoms with Gasteiger partial charge in [-0.2, -0.15) is 0 Å². The molecule has 1 N–H and O–H groups in total. The van der Waals surface area contributed by atoms with Crippen LogP contribution in [0.25, 0.3) is 0 Å². The summed E-state index contributed by atoms with van der Waals surface area (Å²) in [4.78, 5) is 11.4. The van der Waals surface area contributed by atoms with Gasteiger partial charge in [-0.3, -0.25) is 4.79 Å². The predicted octanol–water partition coefficient (Wildman–Crippen LogP) is 2.17. The van der Waals surface area contributed by atoms with Gasteiger partial charge in [0.25, 0.3) is 0 Å². The number of rotatable bonds is 8. The Morgan fingerprint density at radius 3 is 2.15 bits per heavy atom. The number of nitrogens with one attached hydrogen (secondary N) is 1. The molecule has 0 spiro atoms. The third kappa shape index (κ3) is 4.33. The second kappa shape index (κ2) is 8.30. The quantitative estimate of drug-likeness (QED) is 0.793. The van der Waals surface area contributed by atoms with Crippen molar-refractivity contribution in [3.63, 3.8) is 0 Å². The molecule has 1 rings (SSSR count). The second-order valence-electron chi connectivity index (χ2n) is 4.38. The van der Waals surface area contributed by atoms with Crippen molar-refractivity contribution in [2.24, 2.45) is 0 Å². The lowest BCUT2D eigenvalue weighted by Gasteiger charge is -2.14. The topological polar surface area (TPSA) is 56.8 Å². The number of benzene rings is 1. The first-order valence-corrected chi connectivity index (χ1v) is 6.71. The molecular weight excluding hydrogens is 258 g/mol. The van der Waals surface area contributed by atoms with Crippen molar-refractivity contribution in [3.8, 4) is 17.2 Å². The lowest BCUT2D eigenvalue weighted by molar-refractivity contribution is -0.121. The van der Waals surface area contributed by atoms with Crippen LogP contribution < -0.4 is 19.5 Å². The minimum absolute atomic E-state index is 0.0833. The summed E-state index contributed by atoms with van der Waals surface area (Å²) in [5.74, 6) is 1.91. The minimum Gasteiger partial charge on any atom is -0.493 e. The largest absolute Gasteiger partial charge is 0.493 e. The van der Waals surface area contributed by atoms with Gasteiger partial charge in [0, 0.05) is 13.0 Å². The highest BCUT2D eigenvalue weighted by atomic mass is 16.5. The summed E-state index contributed by atoms with van der Waals surface area (Å²) in [7, 11) is 4.75. The van der Waals surface area contributed by atoms with Crippen LogP contribution in [0.5, 0.6) is 17.2 Å². The summed E-state index contributed by atoms with van der Waals surface area (Å²) in [6.07, 6.45) is 2.14. The molecule has 0 radical (unpaired) electrons. The SMILES string of the molecule is CCCC(=O)NCCc1cc(OC)c(OC)c(OC)c1. The van der Waals surface area contributed by atoms with Crippen molar-refractivity contribution in [1.82, 2.24) is 5.32 Å². The van der Waals surface area contributed by atoms with Crippen LogP contribution in [0, 0.1) is 0 Å². The Morgan fingerprint density at radius 1 is 1.10 bits per heavy atom. The number of ether oxygens (including phenoxy) is 3. The van der Waals surface area contributed by atoms with Gasteiger partial charge in [-0.25, -0.2) is 0 Å². The molecule has 20 heavy (non-hydrogen) atoms. The maximum atomic E-state index is 11.4. The minimum atomic E-state index is 0.0833. The van der Waals surface area contributed by atoms with Gasteiger partial charge in [0.1, 0.15) is 0 Å². The molecule has 0 atom stereocenters. The smallest absolute Gasteiger partial charge is 0.219 e. The fourth-order valence-corrected chi connectivity index (χ4v) is 1.94. The average Bonchev–Trinajstić information content (AvgIpc) is 2.46. The molecule has 1 aromatic rings. The zero-order chi connectivity index (χ0) is 15.0. The van der Waals surface area contributed by atoms with Crippen LogP contribution in [0.4, 0.5) is 0 Å². The molecule has 0 aliphatic carbocycles. The van der Waals surface area contributed by atoms with E-state index in [0.717, 1.165) is 12.0 Å². The molecule has 112 valence electrons. The molecule has 0 bridgehead atoms. The molecular formula is C15H23NO4. The van der Waals surface area contributed by atoms with Crippen molar-refractivity contribution in [2.75, 3.05) is 27.9 Å². The summed E-state index contributed by atoms with van der Waals surface area (Å²) in [6.45, 7) is 2.58. The van der Waals surface area contributed by atoms with Crippen molar-refractivity contribution in [2.45, 2.75) is 26.2 Å². The van der Waals surface area contributed by atoms with Crippen molar-refractivity contribution >= 4 is 5.91 Å². The molecule has 0 saturated carbocycles. The van der Waals surface area contributed by atoms with E-state index in [-0.39, 0.29) is 5.91 Å². The van der Waals surface area contributed by atoms with E-state index in [2.05, 4.69) is 5.32 Å². The van der Waals surface area contributed by atoms with Crippen molar-refractivity contribution < 1.29 is 19.0 Å². The Labute approximate surface area is 120 Å². The van der Waals surface area contributed by atoms with Crippen LogP contribution >= 0.6 is 0 Å². The maximum absolute atomic E-state index is 11.4. The Balaban J connectivity index is 2.73. The summed E-state index contributed by atoms with van der Waals surface area (Å²) in [6, 6.07) is 3.79. The normalized spacial score (nSPS) is 10.0. The molecule has 0 aliphatic heterocycles. The van der Waals surface area contributed by atoms with Crippen molar-refractivity contribution in [3.05, 3.63) is 17.7 Å². The third-order valence-electron chi connectivity index (χ3n) is 2.94. The van der Waals surface area contributed by atoms with Gasteiger partial charge >= 0.3 is 0 Å². The van der Waals surface area contributed by atoms with E-state index >= 15 is 0 Å². The monoisotopic (exact) mass is 281 g/mol. The average molecular weight is 281 g/mol. The molecule has 0 heterocycles. The van der Waals surface area contributed by atoms with Crippen LogP contribution in [-0.4, -0.2) is 33.8 Å². The summed E-state index contributed by atoms with van der Waals surface area (Å²) in [5, 5.41) is 2.88. The lowest BCUT2D eigenvalue weighted by atomic mass is 10.1. The lowest BCUT2D eigenvalue weighted by Crippen LogP contribution is -2.25. The number of carbonyl (C=O) groups excluding carboxylic acids is 1. The number of hydrogen-bond donors (Lipinski definition) is 1. The molecule has 1 amide bonds. The third-order valence-corrected chi connectivity index (χ3v) is 2.94. The summed E-state index contributed by atoms with van der Waals surface area (Å²) >= 11 is 0. The number of hydrogen-bond acceptors (Lipinski definition) is 4. The maximum Gasteiger partial charge on any atom is 0.219 e. The predicted molar refractivity (Wildman–Crippen MR) is 77.7 cm³/mol. The van der Waals surface area contributed by atoms with E-state index in [1.165, 1.54) is 0 Å². The number of amides is 1. The zero-order valence-corrected chi connectivity index (χ0v) is 12.6. The van der Waals surface area contributed by atoms with Crippen LogP contribution in [0.15, 0.2) is 12.1 Å². The van der Waals surface area contributed by atoms with E-state index < -0.39 is 0 Å². The number of methoxy groups -OCH3 is 3. The highest BCUT2D eigenvalue weighted by Crippen LogP contribution is 2.38. The highest BCUT2D eigenvalue weighted by Gasteiger charge is 2.13. The molecule has 5 nitrogen and oxygen atoms in total. The molecule has 0 fully saturated rings. The molecule has 0 saturated heterocycles. The van der Waals surface area contributed by atoms with E-state index in [0.29, 0.717) is 36.6 Å². The van der Waals surface area contributed by atoms with Gasteiger partial charge in [-0.05, 0) is 30.5 Å². The van der Waals surface area contributed by atoms with Crippen LogP contribution in [0.1, 0.15) is 25.3 Å². The van der Waals surface area contributed by atoms with E-state index in [1.807, 2.05) is 19.1 Å². The van der Waals surface area contributed by atoms with Gasteiger partial charge in [0.05, 0.1) is 21.3 Å². The van der Waals surface area contributed by atoms with Gasteiger partial charge < -0.3 is 19.5 Å². The van der Waals surface area contributed by atoms with Crippen LogP contribution in [-0.2, 0) is 11.2 Å². The van der Waals surface area contributed by atoms with Gasteiger partial charge in [0.15, 0.2) is 11.5 Å². The fourth-order valence-electron chi connectivity index (χ4n) is 1.94. The van der Waals surface area contributed by atoms with Gasteiger partial charge in [-0.1, -0.05) is 6.92 Å². The zero-order valence-electron chi connectivity index (χ0n) is 12.6. The number of carbonyl (C=O) groups is 1. The Hall–Kier alpha value is -1.91. The first kappa shape index (κ1) is 16.1. The molecule has 0 unspecified atom stereocenters. The Morgan fingerprint density at radius 2 is 1.70 bits per heavy atom. The highest BCUT2D eigenvalue weighted by molar-refractivity contribution is 5.75. The fraction of sp³-hybridized carbons (Fsp3) is 0.533. The van der Waals surface area contributed by atoms with E-state index in [1.54, 1.807) is 21.3 Å². The van der Waals surface area contributed by atoms with Gasteiger partial charge in [0.2, 0.25) is 11.7 Å². The van der Waals surface area contributed by atoms with Crippen LogP contribution in [0.3, 0.4) is 0 Å². The molecule has 5 heteroatoms. The summed E-state index contributed by atoms with van der Waals surface area (Å²) < 4.78 is 15.9. The molecule has 1 aromatic carbocycles. The van der Waals surface area contributed by atoms with Crippen LogP contribution in [0.2, 0.25) is 0 Å². The molecule has 0 aliphatic rings.